The number of nitrogens with zero attached hydrogens (tertiary/aromatic N) is 2. The SMILES string of the molecule is CN(C)S(=O)(=O)c1cccc2cc3c(C(=O)N4CCNCC4)cccc3cc12. The molecule has 3 aromatic rings. The van der Waals surface area contributed by atoms with Crippen molar-refractivity contribution in [1.82, 2.24) is 14.5 Å². The number of piperazine rings is 1. The smallest absolute Gasteiger partial charge is 0.254 e. The van der Waals surface area contributed by atoms with Crippen LogP contribution in [0.2, 0.25) is 0 Å². The van der Waals surface area contributed by atoms with E-state index in [4.69, 9.17) is 0 Å². The molecular formula is C21H23N3O3S. The lowest BCUT2D eigenvalue weighted by Gasteiger charge is -2.28. The fraction of sp³-hybridized carbons (Fsp3) is 0.286. The number of benzene rings is 3. The van der Waals surface area contributed by atoms with Crippen LogP contribution in [0.1, 0.15) is 10.4 Å². The van der Waals surface area contributed by atoms with Crippen LogP contribution in [0.3, 0.4) is 0 Å². The summed E-state index contributed by atoms with van der Waals surface area (Å²) >= 11 is 0. The highest BCUT2D eigenvalue weighted by Gasteiger charge is 2.22. The number of nitrogens with one attached hydrogen (secondary N) is 1. The molecule has 0 radical (unpaired) electrons. The Labute approximate surface area is 164 Å². The third kappa shape index (κ3) is 3.15. The standard InChI is InChI=1S/C21H23N3O3S/c1-23(2)28(26,27)20-8-4-6-16-13-18-15(14-19(16)20)5-3-7-17(18)21(25)24-11-9-22-10-12-24/h3-8,13-14,22H,9-12H2,1-2H3. The van der Waals surface area contributed by atoms with E-state index in [0.29, 0.717) is 24.0 Å². The van der Waals surface area contributed by atoms with E-state index in [9.17, 15) is 13.2 Å². The lowest BCUT2D eigenvalue weighted by molar-refractivity contribution is 0.0738. The molecule has 1 heterocycles. The predicted octanol–water partition coefficient (Wildman–Crippen LogP) is 2.29. The number of fused-ring (bicyclic) bond motifs is 2. The van der Waals surface area contributed by atoms with Crippen molar-refractivity contribution in [3.8, 4) is 0 Å². The molecule has 28 heavy (non-hydrogen) atoms. The highest BCUT2D eigenvalue weighted by molar-refractivity contribution is 7.89. The fourth-order valence-corrected chi connectivity index (χ4v) is 4.77. The molecule has 0 bridgehead atoms. The molecular weight excluding hydrogens is 374 g/mol. The van der Waals surface area contributed by atoms with Gasteiger partial charge in [-0.2, -0.15) is 0 Å². The monoisotopic (exact) mass is 397 g/mol. The highest BCUT2D eigenvalue weighted by atomic mass is 32.2. The molecule has 7 heteroatoms. The molecule has 6 nitrogen and oxygen atoms in total. The van der Waals surface area contributed by atoms with Gasteiger partial charge in [0, 0.05) is 51.2 Å². The average molecular weight is 398 g/mol. The van der Waals surface area contributed by atoms with Gasteiger partial charge in [0.05, 0.1) is 4.90 Å². The van der Waals surface area contributed by atoms with Crippen LogP contribution in [0.4, 0.5) is 0 Å². The zero-order valence-corrected chi connectivity index (χ0v) is 16.8. The molecule has 0 saturated carbocycles. The number of sulfonamides is 1. The minimum absolute atomic E-state index is 0.0171. The molecule has 3 aromatic carbocycles. The van der Waals surface area contributed by atoms with Crippen LogP contribution >= 0.6 is 0 Å². The predicted molar refractivity (Wildman–Crippen MR) is 111 cm³/mol. The van der Waals surface area contributed by atoms with Crippen LogP contribution in [0.25, 0.3) is 21.5 Å². The van der Waals surface area contributed by atoms with Gasteiger partial charge in [-0.15, -0.1) is 0 Å². The number of carbonyl (C=O) groups is 1. The Morgan fingerprint density at radius 3 is 2.25 bits per heavy atom. The minimum atomic E-state index is -3.56. The third-order valence-corrected chi connectivity index (χ3v) is 7.11. The number of hydrogen-bond acceptors (Lipinski definition) is 4. The molecule has 1 amide bonds. The van der Waals surface area contributed by atoms with Crippen LogP contribution in [-0.2, 0) is 10.0 Å². The Kier molecular flexibility index (Phi) is 4.82. The summed E-state index contributed by atoms with van der Waals surface area (Å²) in [5.41, 5.74) is 0.655. The molecule has 1 aliphatic heterocycles. The van der Waals surface area contributed by atoms with E-state index in [1.807, 2.05) is 41.3 Å². The summed E-state index contributed by atoms with van der Waals surface area (Å²) < 4.78 is 26.7. The Balaban J connectivity index is 1.90. The van der Waals surface area contributed by atoms with E-state index in [0.717, 1.165) is 29.2 Å². The third-order valence-electron chi connectivity index (χ3n) is 5.23. The summed E-state index contributed by atoms with van der Waals surface area (Å²) in [6.45, 7) is 2.97. The largest absolute Gasteiger partial charge is 0.336 e. The van der Waals surface area contributed by atoms with Crippen molar-refractivity contribution in [3.05, 3.63) is 54.1 Å². The Morgan fingerprint density at radius 2 is 1.57 bits per heavy atom. The van der Waals surface area contributed by atoms with Gasteiger partial charge in [-0.25, -0.2) is 12.7 Å². The molecule has 0 aliphatic carbocycles. The Bertz CT molecular complexity index is 1170. The van der Waals surface area contributed by atoms with Crippen molar-refractivity contribution in [3.63, 3.8) is 0 Å². The summed E-state index contributed by atoms with van der Waals surface area (Å²) in [5, 5.41) is 6.42. The molecule has 1 saturated heterocycles. The van der Waals surface area contributed by atoms with E-state index >= 15 is 0 Å². The summed E-state index contributed by atoms with van der Waals surface area (Å²) in [4.78, 5) is 15.2. The second-order valence-electron chi connectivity index (χ2n) is 7.19. The first-order valence-corrected chi connectivity index (χ1v) is 10.7. The quantitative estimate of drug-likeness (QED) is 0.689. The van der Waals surface area contributed by atoms with Crippen LogP contribution < -0.4 is 5.32 Å². The van der Waals surface area contributed by atoms with Crippen LogP contribution in [0, 0.1) is 0 Å². The van der Waals surface area contributed by atoms with Crippen molar-refractivity contribution in [2.24, 2.45) is 0 Å². The van der Waals surface area contributed by atoms with Gasteiger partial charge in [0.25, 0.3) is 5.91 Å². The highest BCUT2D eigenvalue weighted by Crippen LogP contribution is 2.31. The van der Waals surface area contributed by atoms with Gasteiger partial charge in [-0.05, 0) is 40.4 Å². The topological polar surface area (TPSA) is 69.7 Å². The van der Waals surface area contributed by atoms with Gasteiger partial charge >= 0.3 is 0 Å². The normalized spacial score (nSPS) is 15.5. The maximum Gasteiger partial charge on any atom is 0.254 e. The Morgan fingerprint density at radius 1 is 0.964 bits per heavy atom. The van der Waals surface area contributed by atoms with Crippen LogP contribution in [0.15, 0.2) is 53.4 Å². The molecule has 1 aliphatic rings. The van der Waals surface area contributed by atoms with Crippen molar-refractivity contribution in [1.29, 1.82) is 0 Å². The molecule has 4 rings (SSSR count). The fourth-order valence-electron chi connectivity index (χ4n) is 3.67. The molecule has 146 valence electrons. The summed E-state index contributed by atoms with van der Waals surface area (Å²) in [7, 11) is -0.510. The zero-order chi connectivity index (χ0) is 19.9. The first-order valence-electron chi connectivity index (χ1n) is 9.27. The van der Waals surface area contributed by atoms with E-state index < -0.39 is 10.0 Å². The number of rotatable bonds is 3. The van der Waals surface area contributed by atoms with Gasteiger partial charge in [0.1, 0.15) is 0 Å². The zero-order valence-electron chi connectivity index (χ0n) is 16.0. The Hall–Kier alpha value is -2.48. The van der Waals surface area contributed by atoms with E-state index in [2.05, 4.69) is 5.32 Å². The number of amides is 1. The van der Waals surface area contributed by atoms with Crippen molar-refractivity contribution in [2.75, 3.05) is 40.3 Å². The first kappa shape index (κ1) is 18.9. The lowest BCUT2D eigenvalue weighted by atomic mass is 9.99. The lowest BCUT2D eigenvalue weighted by Crippen LogP contribution is -2.46. The molecule has 1 fully saturated rings. The molecule has 0 aromatic heterocycles. The number of hydrogen-bond donors (Lipinski definition) is 1. The van der Waals surface area contributed by atoms with E-state index in [1.165, 1.54) is 18.4 Å². The molecule has 0 unspecified atom stereocenters. The first-order chi connectivity index (χ1) is 13.4. The minimum Gasteiger partial charge on any atom is -0.336 e. The summed E-state index contributed by atoms with van der Waals surface area (Å²) in [6, 6.07) is 14.7. The van der Waals surface area contributed by atoms with Gasteiger partial charge in [-0.3, -0.25) is 4.79 Å². The van der Waals surface area contributed by atoms with Crippen molar-refractivity contribution in [2.45, 2.75) is 4.90 Å². The summed E-state index contributed by atoms with van der Waals surface area (Å²) in [5.74, 6) is 0.0171. The van der Waals surface area contributed by atoms with E-state index in [-0.39, 0.29) is 10.8 Å². The maximum absolute atomic E-state index is 13.1. The van der Waals surface area contributed by atoms with Crippen LogP contribution in [-0.4, -0.2) is 63.8 Å². The van der Waals surface area contributed by atoms with Crippen molar-refractivity contribution >= 4 is 37.5 Å². The second-order valence-corrected chi connectivity index (χ2v) is 9.31. The second kappa shape index (κ2) is 7.16. The molecule has 1 N–H and O–H groups in total. The van der Waals surface area contributed by atoms with Crippen LogP contribution in [0.5, 0.6) is 0 Å². The van der Waals surface area contributed by atoms with Gasteiger partial charge in [0.2, 0.25) is 10.0 Å². The molecule has 0 spiro atoms. The van der Waals surface area contributed by atoms with Gasteiger partial charge < -0.3 is 10.2 Å². The van der Waals surface area contributed by atoms with Gasteiger partial charge in [0.15, 0.2) is 0 Å². The average Bonchev–Trinajstić information content (AvgIpc) is 2.71. The number of carbonyl (C=O) groups excluding carboxylic acids is 1. The molecule has 0 atom stereocenters. The summed E-state index contributed by atoms with van der Waals surface area (Å²) in [6.07, 6.45) is 0. The van der Waals surface area contributed by atoms with Gasteiger partial charge in [-0.1, -0.05) is 24.3 Å². The van der Waals surface area contributed by atoms with E-state index in [1.54, 1.807) is 12.1 Å². The van der Waals surface area contributed by atoms with Crippen molar-refractivity contribution < 1.29 is 13.2 Å². The maximum atomic E-state index is 13.1.